The van der Waals surface area contributed by atoms with Crippen LogP contribution < -0.4 is 11.1 Å². The van der Waals surface area contributed by atoms with Crippen molar-refractivity contribution in [1.29, 1.82) is 0 Å². The number of alkyl halides is 3. The third-order valence-electron chi connectivity index (χ3n) is 1.86. The molecule has 0 radical (unpaired) electrons. The summed E-state index contributed by atoms with van der Waals surface area (Å²) in [5, 5.41) is 19.5. The standard InChI is InChI=1S/C9H13Cl3N2O6S/c10-9(11,12)3-20-8(19)14-5(7(17)18)2-21-1-4(13)6(15)16/h4-5H,1-3,13H2,(H,14,19)(H,15,16)(H,17,18)/t4-,5+/m0/s1. The second-order valence-corrected chi connectivity index (χ2v) is 7.30. The number of hydrogen-bond acceptors (Lipinski definition) is 6. The van der Waals surface area contributed by atoms with E-state index in [1.165, 1.54) is 0 Å². The number of halogens is 3. The van der Waals surface area contributed by atoms with Gasteiger partial charge >= 0.3 is 18.0 Å². The molecule has 0 saturated carbocycles. The molecule has 0 fully saturated rings. The molecule has 0 bridgehead atoms. The van der Waals surface area contributed by atoms with E-state index in [0.29, 0.717) is 0 Å². The summed E-state index contributed by atoms with van der Waals surface area (Å²) >= 11 is 17.0. The summed E-state index contributed by atoms with van der Waals surface area (Å²) in [4.78, 5) is 32.7. The molecular formula is C9H13Cl3N2O6S. The summed E-state index contributed by atoms with van der Waals surface area (Å²) in [6.45, 7) is -0.549. The van der Waals surface area contributed by atoms with Gasteiger partial charge in [0.15, 0.2) is 0 Å². The van der Waals surface area contributed by atoms with Crippen molar-refractivity contribution in [3.63, 3.8) is 0 Å². The number of alkyl carbamates (subject to hydrolysis) is 1. The Morgan fingerprint density at radius 3 is 2.19 bits per heavy atom. The first-order chi connectivity index (χ1) is 9.53. The molecule has 0 unspecified atom stereocenters. The smallest absolute Gasteiger partial charge is 0.408 e. The summed E-state index contributed by atoms with van der Waals surface area (Å²) in [5.74, 6) is -2.63. The zero-order valence-electron chi connectivity index (χ0n) is 10.4. The van der Waals surface area contributed by atoms with Gasteiger partial charge in [-0.25, -0.2) is 9.59 Å². The number of carbonyl (C=O) groups is 3. The largest absolute Gasteiger partial charge is 0.480 e. The molecular weight excluding hydrogens is 371 g/mol. The maximum atomic E-state index is 11.3. The summed E-state index contributed by atoms with van der Waals surface area (Å²) in [7, 11) is 0. The summed E-state index contributed by atoms with van der Waals surface area (Å²) < 4.78 is 2.71. The Morgan fingerprint density at radius 2 is 1.76 bits per heavy atom. The number of nitrogens with one attached hydrogen (secondary N) is 1. The predicted octanol–water partition coefficient (Wildman–Crippen LogP) is 0.681. The van der Waals surface area contributed by atoms with E-state index >= 15 is 0 Å². The van der Waals surface area contributed by atoms with Crippen LogP contribution in [0.3, 0.4) is 0 Å². The Balaban J connectivity index is 4.22. The molecule has 8 nitrogen and oxygen atoms in total. The normalized spacial score (nSPS) is 14.1. The van der Waals surface area contributed by atoms with Crippen molar-refractivity contribution in [1.82, 2.24) is 5.32 Å². The van der Waals surface area contributed by atoms with Crippen LogP contribution in [0.1, 0.15) is 0 Å². The molecule has 0 aromatic heterocycles. The Labute approximate surface area is 139 Å². The highest BCUT2D eigenvalue weighted by Crippen LogP contribution is 2.25. The second kappa shape index (κ2) is 9.42. The van der Waals surface area contributed by atoms with Crippen LogP contribution in [0.15, 0.2) is 0 Å². The van der Waals surface area contributed by atoms with Crippen LogP contribution in [0.2, 0.25) is 0 Å². The maximum Gasteiger partial charge on any atom is 0.408 e. The van der Waals surface area contributed by atoms with E-state index in [-0.39, 0.29) is 11.5 Å². The average Bonchev–Trinajstić information content (AvgIpc) is 2.33. The predicted molar refractivity (Wildman–Crippen MR) is 79.1 cm³/mol. The first-order valence-electron chi connectivity index (χ1n) is 5.32. The summed E-state index contributed by atoms with van der Waals surface area (Å²) in [5.41, 5.74) is 5.25. The van der Waals surface area contributed by atoms with E-state index in [1.807, 2.05) is 5.32 Å². The van der Waals surface area contributed by atoms with E-state index in [1.54, 1.807) is 0 Å². The Morgan fingerprint density at radius 1 is 1.19 bits per heavy atom. The highest BCUT2D eigenvalue weighted by Gasteiger charge is 2.25. The fourth-order valence-corrected chi connectivity index (χ4v) is 2.05. The number of carbonyl (C=O) groups excluding carboxylic acids is 1. The highest BCUT2D eigenvalue weighted by atomic mass is 35.6. The molecule has 12 heteroatoms. The van der Waals surface area contributed by atoms with E-state index in [4.69, 9.17) is 50.7 Å². The number of thioether (sulfide) groups is 1. The van der Waals surface area contributed by atoms with Gasteiger partial charge in [-0.05, 0) is 0 Å². The number of aliphatic carboxylic acids is 2. The molecule has 122 valence electrons. The Bertz CT molecular complexity index is 392. The molecule has 0 saturated heterocycles. The van der Waals surface area contributed by atoms with Gasteiger partial charge in [-0.2, -0.15) is 11.8 Å². The Hall–Kier alpha value is -0.610. The molecule has 0 heterocycles. The van der Waals surface area contributed by atoms with Crippen molar-refractivity contribution in [2.24, 2.45) is 5.73 Å². The lowest BCUT2D eigenvalue weighted by molar-refractivity contribution is -0.139. The summed E-state index contributed by atoms with van der Waals surface area (Å²) in [6.07, 6.45) is -1.07. The SMILES string of the molecule is N[C@@H](CSC[C@@H](NC(=O)OCC(Cl)(Cl)Cl)C(=O)O)C(=O)O. The zero-order chi connectivity index (χ0) is 16.6. The lowest BCUT2D eigenvalue weighted by Crippen LogP contribution is -2.44. The van der Waals surface area contributed by atoms with Crippen molar-refractivity contribution in [2.75, 3.05) is 18.1 Å². The molecule has 0 aromatic carbocycles. The van der Waals surface area contributed by atoms with Gasteiger partial charge in [0.1, 0.15) is 18.7 Å². The van der Waals surface area contributed by atoms with Crippen LogP contribution in [0.4, 0.5) is 4.79 Å². The van der Waals surface area contributed by atoms with Gasteiger partial charge in [-0.3, -0.25) is 4.79 Å². The molecule has 0 spiro atoms. The minimum atomic E-state index is -1.81. The van der Waals surface area contributed by atoms with Gasteiger partial charge in [0.25, 0.3) is 0 Å². The maximum absolute atomic E-state index is 11.3. The number of amides is 1. The lowest BCUT2D eigenvalue weighted by atomic mass is 10.3. The number of ether oxygens (including phenoxy) is 1. The molecule has 2 atom stereocenters. The molecule has 1 amide bonds. The summed E-state index contributed by atoms with van der Waals surface area (Å²) in [6, 6.07) is -2.42. The number of rotatable bonds is 8. The molecule has 0 rings (SSSR count). The number of hydrogen-bond donors (Lipinski definition) is 4. The van der Waals surface area contributed by atoms with Gasteiger partial charge in [0.05, 0.1) is 0 Å². The fraction of sp³-hybridized carbons (Fsp3) is 0.667. The van der Waals surface area contributed by atoms with Crippen molar-refractivity contribution in [2.45, 2.75) is 15.9 Å². The third-order valence-corrected chi connectivity index (χ3v) is 3.35. The van der Waals surface area contributed by atoms with E-state index in [9.17, 15) is 14.4 Å². The minimum absolute atomic E-state index is 0.00993. The number of carboxylic acid groups (broad SMARTS) is 2. The van der Waals surface area contributed by atoms with Gasteiger partial charge in [-0.1, -0.05) is 34.8 Å². The van der Waals surface area contributed by atoms with Crippen LogP contribution in [-0.4, -0.2) is 62.2 Å². The molecule has 0 aromatic rings. The molecule has 0 aliphatic heterocycles. The van der Waals surface area contributed by atoms with Crippen LogP contribution in [0, 0.1) is 0 Å². The van der Waals surface area contributed by atoms with Gasteiger partial charge in [-0.15, -0.1) is 0 Å². The topological polar surface area (TPSA) is 139 Å². The lowest BCUT2D eigenvalue weighted by Gasteiger charge is -2.16. The van der Waals surface area contributed by atoms with Crippen molar-refractivity contribution in [3.8, 4) is 0 Å². The Kier molecular flexibility index (Phi) is 9.14. The van der Waals surface area contributed by atoms with Crippen molar-refractivity contribution >= 4 is 64.6 Å². The fourth-order valence-electron chi connectivity index (χ4n) is 0.890. The third kappa shape index (κ3) is 10.7. The molecule has 21 heavy (non-hydrogen) atoms. The first kappa shape index (κ1) is 20.4. The monoisotopic (exact) mass is 382 g/mol. The molecule has 0 aliphatic carbocycles. The van der Waals surface area contributed by atoms with Crippen LogP contribution in [-0.2, 0) is 14.3 Å². The molecule has 0 aliphatic rings. The highest BCUT2D eigenvalue weighted by molar-refractivity contribution is 7.99. The van der Waals surface area contributed by atoms with Gasteiger partial charge in [0, 0.05) is 11.5 Å². The number of carboxylic acids is 2. The van der Waals surface area contributed by atoms with E-state index < -0.39 is 40.5 Å². The first-order valence-corrected chi connectivity index (χ1v) is 7.60. The quantitative estimate of drug-likeness (QED) is 0.449. The minimum Gasteiger partial charge on any atom is -0.480 e. The van der Waals surface area contributed by atoms with Crippen LogP contribution in [0.5, 0.6) is 0 Å². The zero-order valence-corrected chi connectivity index (χ0v) is 13.5. The average molecular weight is 384 g/mol. The molecule has 5 N–H and O–H groups in total. The second-order valence-electron chi connectivity index (χ2n) is 3.71. The number of nitrogens with two attached hydrogens (primary N) is 1. The van der Waals surface area contributed by atoms with Crippen molar-refractivity contribution < 1.29 is 29.3 Å². The van der Waals surface area contributed by atoms with E-state index in [0.717, 1.165) is 11.8 Å². The van der Waals surface area contributed by atoms with Crippen molar-refractivity contribution in [3.05, 3.63) is 0 Å². The van der Waals surface area contributed by atoms with Crippen LogP contribution in [0.25, 0.3) is 0 Å². The van der Waals surface area contributed by atoms with E-state index in [2.05, 4.69) is 4.74 Å². The van der Waals surface area contributed by atoms with Gasteiger partial charge < -0.3 is 26.0 Å². The van der Waals surface area contributed by atoms with Gasteiger partial charge in [0.2, 0.25) is 3.79 Å². The van der Waals surface area contributed by atoms with Crippen LogP contribution >= 0.6 is 46.6 Å².